The first-order valence-corrected chi connectivity index (χ1v) is 8.83. The molecule has 2 rings (SSSR count). The molecule has 7 heteroatoms. The first-order chi connectivity index (χ1) is 14.0. The molecule has 0 unspecified atom stereocenters. The van der Waals surface area contributed by atoms with E-state index in [0.717, 1.165) is 0 Å². The van der Waals surface area contributed by atoms with Crippen LogP contribution in [0.25, 0.3) is 12.2 Å². The Bertz CT molecular complexity index is 1060. The molecule has 0 aromatic heterocycles. The highest BCUT2D eigenvalue weighted by Crippen LogP contribution is 2.19. The van der Waals surface area contributed by atoms with Gasteiger partial charge in [0.25, 0.3) is 0 Å². The van der Waals surface area contributed by atoms with E-state index in [1.807, 2.05) is 6.07 Å². The van der Waals surface area contributed by atoms with Crippen LogP contribution in [-0.2, 0) is 14.3 Å². The van der Waals surface area contributed by atoms with Crippen molar-refractivity contribution in [3.8, 4) is 17.9 Å². The minimum Gasteiger partial charge on any atom is -0.462 e. The Morgan fingerprint density at radius 3 is 2.21 bits per heavy atom. The molecule has 0 fully saturated rings. The summed E-state index contributed by atoms with van der Waals surface area (Å²) < 4.78 is 10.0. The fourth-order valence-electron chi connectivity index (χ4n) is 2.20. The molecule has 0 bridgehead atoms. The number of rotatable bonds is 6. The maximum Gasteiger partial charge on any atom is 0.354 e. The maximum absolute atomic E-state index is 12.3. The zero-order valence-electron chi connectivity index (χ0n) is 15.4. The van der Waals surface area contributed by atoms with E-state index in [-0.39, 0.29) is 23.5 Å². The molecule has 0 heterocycles. The van der Waals surface area contributed by atoms with Crippen molar-refractivity contribution < 1.29 is 19.1 Å². The molecule has 0 saturated heterocycles. The maximum atomic E-state index is 12.3. The number of hydrogen-bond acceptors (Lipinski definition) is 6. The second kappa shape index (κ2) is 10.5. The molecule has 2 aromatic rings. The van der Waals surface area contributed by atoms with E-state index in [9.17, 15) is 14.9 Å². The molecule has 0 atom stereocenters. The van der Waals surface area contributed by atoms with Crippen molar-refractivity contribution in [3.63, 3.8) is 0 Å². The van der Waals surface area contributed by atoms with Crippen molar-refractivity contribution in [3.05, 3.63) is 75.8 Å². The monoisotopic (exact) mass is 406 g/mol. The summed E-state index contributed by atoms with van der Waals surface area (Å²) in [6, 6.07) is 16.4. The van der Waals surface area contributed by atoms with Gasteiger partial charge in [0, 0.05) is 5.02 Å². The molecule has 0 N–H and O–H groups in total. The van der Waals surface area contributed by atoms with E-state index in [0.29, 0.717) is 16.1 Å². The Balaban J connectivity index is 2.21. The molecule has 6 nitrogen and oxygen atoms in total. The van der Waals surface area contributed by atoms with E-state index >= 15 is 0 Å². The van der Waals surface area contributed by atoms with E-state index in [1.54, 1.807) is 49.4 Å². The predicted molar refractivity (Wildman–Crippen MR) is 107 cm³/mol. The number of benzene rings is 2. The van der Waals surface area contributed by atoms with E-state index in [1.165, 1.54) is 24.3 Å². The zero-order chi connectivity index (χ0) is 21.2. The van der Waals surface area contributed by atoms with Gasteiger partial charge in [-0.15, -0.1) is 0 Å². The topological polar surface area (TPSA) is 100 Å². The van der Waals surface area contributed by atoms with Gasteiger partial charge < -0.3 is 9.47 Å². The SMILES string of the molecule is CCOC(=O)/C(C#N)=C/c1cccc(OC(=O)/C(C#N)=C/c2ccc(Cl)cc2)c1. The Morgan fingerprint density at radius 1 is 0.966 bits per heavy atom. The summed E-state index contributed by atoms with van der Waals surface area (Å²) >= 11 is 5.82. The van der Waals surface area contributed by atoms with Gasteiger partial charge >= 0.3 is 11.9 Å². The normalized spacial score (nSPS) is 11.2. The van der Waals surface area contributed by atoms with Gasteiger partial charge in [0.1, 0.15) is 29.0 Å². The van der Waals surface area contributed by atoms with Crippen molar-refractivity contribution in [1.82, 2.24) is 0 Å². The van der Waals surface area contributed by atoms with Crippen LogP contribution in [0.15, 0.2) is 59.7 Å². The van der Waals surface area contributed by atoms with Crippen LogP contribution in [-0.4, -0.2) is 18.5 Å². The molecule has 0 saturated carbocycles. The van der Waals surface area contributed by atoms with Gasteiger partial charge in [-0.05, 0) is 54.5 Å². The van der Waals surface area contributed by atoms with E-state index in [4.69, 9.17) is 26.3 Å². The number of ether oxygens (including phenoxy) is 2. The quantitative estimate of drug-likeness (QED) is 0.306. The first kappa shape index (κ1) is 21.4. The van der Waals surface area contributed by atoms with Crippen LogP contribution >= 0.6 is 11.6 Å². The Labute approximate surface area is 172 Å². The third kappa shape index (κ3) is 6.35. The summed E-state index contributed by atoms with van der Waals surface area (Å²) in [4.78, 5) is 24.0. The Hall–Kier alpha value is -3.87. The fraction of sp³-hybridized carbons (Fsp3) is 0.0909. The second-order valence-electron chi connectivity index (χ2n) is 5.57. The van der Waals surface area contributed by atoms with Crippen LogP contribution < -0.4 is 4.74 Å². The van der Waals surface area contributed by atoms with Crippen molar-refractivity contribution >= 4 is 35.7 Å². The number of carbonyl (C=O) groups is 2. The fourth-order valence-corrected chi connectivity index (χ4v) is 2.33. The third-order valence-corrected chi connectivity index (χ3v) is 3.77. The van der Waals surface area contributed by atoms with Crippen LogP contribution in [0.1, 0.15) is 18.1 Å². The molecule has 0 radical (unpaired) electrons. The highest BCUT2D eigenvalue weighted by atomic mass is 35.5. The summed E-state index contributed by atoms with van der Waals surface area (Å²) in [5, 5.41) is 18.9. The number of nitriles is 2. The van der Waals surface area contributed by atoms with Gasteiger partial charge in [-0.2, -0.15) is 10.5 Å². The van der Waals surface area contributed by atoms with Gasteiger partial charge in [-0.1, -0.05) is 35.9 Å². The number of hydrogen-bond donors (Lipinski definition) is 0. The highest BCUT2D eigenvalue weighted by molar-refractivity contribution is 6.30. The van der Waals surface area contributed by atoms with Crippen LogP contribution in [0, 0.1) is 22.7 Å². The molecular weight excluding hydrogens is 392 g/mol. The number of carbonyl (C=O) groups excluding carboxylic acids is 2. The van der Waals surface area contributed by atoms with Gasteiger partial charge in [-0.25, -0.2) is 9.59 Å². The second-order valence-corrected chi connectivity index (χ2v) is 6.01. The molecule has 29 heavy (non-hydrogen) atoms. The molecule has 0 spiro atoms. The third-order valence-electron chi connectivity index (χ3n) is 3.52. The van der Waals surface area contributed by atoms with Crippen molar-refractivity contribution in [2.45, 2.75) is 6.92 Å². The lowest BCUT2D eigenvalue weighted by Gasteiger charge is -2.05. The summed E-state index contributed by atoms with van der Waals surface area (Å²) in [7, 11) is 0. The van der Waals surface area contributed by atoms with Gasteiger partial charge in [-0.3, -0.25) is 0 Å². The molecule has 0 aliphatic heterocycles. The number of halogens is 1. The highest BCUT2D eigenvalue weighted by Gasteiger charge is 2.13. The average Bonchev–Trinajstić information content (AvgIpc) is 2.72. The molecule has 0 aliphatic rings. The number of nitrogens with zero attached hydrogens (tertiary/aromatic N) is 2. The molecule has 144 valence electrons. The summed E-state index contributed by atoms with van der Waals surface area (Å²) in [6.45, 7) is 1.78. The summed E-state index contributed by atoms with van der Waals surface area (Å²) in [5.41, 5.74) is 0.695. The largest absolute Gasteiger partial charge is 0.462 e. The van der Waals surface area contributed by atoms with Gasteiger partial charge in [0.05, 0.1) is 6.61 Å². The van der Waals surface area contributed by atoms with Crippen molar-refractivity contribution in [1.29, 1.82) is 10.5 Å². The first-order valence-electron chi connectivity index (χ1n) is 8.45. The van der Waals surface area contributed by atoms with Crippen LogP contribution in [0.2, 0.25) is 5.02 Å². The lowest BCUT2D eigenvalue weighted by Crippen LogP contribution is -2.10. The lowest BCUT2D eigenvalue weighted by molar-refractivity contribution is -0.138. The average molecular weight is 407 g/mol. The van der Waals surface area contributed by atoms with Crippen LogP contribution in [0.5, 0.6) is 5.75 Å². The van der Waals surface area contributed by atoms with Crippen molar-refractivity contribution in [2.75, 3.05) is 6.61 Å². The Morgan fingerprint density at radius 2 is 1.59 bits per heavy atom. The smallest absolute Gasteiger partial charge is 0.354 e. The van der Waals surface area contributed by atoms with Gasteiger partial charge in [0.2, 0.25) is 0 Å². The van der Waals surface area contributed by atoms with Crippen LogP contribution in [0.3, 0.4) is 0 Å². The minimum atomic E-state index is -0.838. The van der Waals surface area contributed by atoms with Crippen molar-refractivity contribution in [2.24, 2.45) is 0 Å². The standard InChI is InChI=1S/C22H15ClN2O4/c1-2-28-21(26)17(13-24)11-16-4-3-5-20(12-16)29-22(27)18(14-25)10-15-6-8-19(23)9-7-15/h3-12H,2H2,1H3/b17-11+,18-10+. The number of esters is 2. The molecule has 0 aliphatic carbocycles. The van der Waals surface area contributed by atoms with Crippen LogP contribution in [0.4, 0.5) is 0 Å². The minimum absolute atomic E-state index is 0.145. The zero-order valence-corrected chi connectivity index (χ0v) is 16.1. The molecule has 0 amide bonds. The lowest BCUT2D eigenvalue weighted by atomic mass is 10.1. The molecular formula is C22H15ClN2O4. The molecule has 2 aromatic carbocycles. The predicted octanol–water partition coefficient (Wildman–Crippen LogP) is 4.32. The Kier molecular flexibility index (Phi) is 7.73. The van der Waals surface area contributed by atoms with Gasteiger partial charge in [0.15, 0.2) is 0 Å². The van der Waals surface area contributed by atoms with E-state index in [2.05, 4.69) is 0 Å². The summed E-state index contributed by atoms with van der Waals surface area (Å²) in [6.07, 6.45) is 2.71. The van der Waals surface area contributed by atoms with E-state index < -0.39 is 11.9 Å². The summed E-state index contributed by atoms with van der Waals surface area (Å²) in [5.74, 6) is -1.42.